The van der Waals surface area contributed by atoms with E-state index in [-0.39, 0.29) is 11.3 Å². The van der Waals surface area contributed by atoms with Crippen LogP contribution in [-0.2, 0) is 14.1 Å². The van der Waals surface area contributed by atoms with Crippen LogP contribution >= 0.6 is 11.6 Å². The Morgan fingerprint density at radius 2 is 1.57 bits per heavy atom. The Kier molecular flexibility index (Phi) is 6.26. The molecule has 4 aromatic rings. The van der Waals surface area contributed by atoms with Crippen LogP contribution in [0.5, 0.6) is 5.88 Å². The molecule has 1 aliphatic rings. The van der Waals surface area contributed by atoms with Crippen LogP contribution in [0.15, 0.2) is 55.8 Å². The summed E-state index contributed by atoms with van der Waals surface area (Å²) in [6.07, 6.45) is 1.24. The molecule has 0 spiro atoms. The number of aromatic nitrogens is 4. The maximum absolute atomic E-state index is 12.7. The SMILES string of the molecule is CN1CCN(c2cc3c(cc2N=Cc2c(O)n(-c4ccc(Cl)cc4)c(=O)[nH]c2=O)n(C)c(=O)n3C)CC1. The van der Waals surface area contributed by atoms with Gasteiger partial charge in [0.25, 0.3) is 5.56 Å². The Hall–Kier alpha value is -4.09. The first kappa shape index (κ1) is 24.6. The minimum atomic E-state index is -0.791. The van der Waals surface area contributed by atoms with Crippen LogP contribution in [0.3, 0.4) is 0 Å². The molecule has 2 N–H and O–H groups in total. The largest absolute Gasteiger partial charge is 0.493 e. The van der Waals surface area contributed by atoms with Crippen LogP contribution in [0.25, 0.3) is 16.7 Å². The number of hydrogen-bond donors (Lipinski definition) is 2. The quantitative estimate of drug-likeness (QED) is 0.392. The van der Waals surface area contributed by atoms with Crippen molar-refractivity contribution in [3.63, 3.8) is 0 Å². The smallest absolute Gasteiger partial charge is 0.335 e. The number of imidazole rings is 1. The molecule has 192 valence electrons. The standard InChI is InChI=1S/C25H26ClN7O4/c1-29-8-10-32(11-9-29)19-13-21-20(30(2)25(37)31(21)3)12-18(19)27-14-17-22(34)28-24(36)33(23(17)35)16-6-4-15(26)5-7-16/h4-7,12-14,35H,8-11H2,1-3H3,(H,28,34,36). The summed E-state index contributed by atoms with van der Waals surface area (Å²) >= 11 is 5.95. The van der Waals surface area contributed by atoms with Crippen LogP contribution in [-0.4, -0.2) is 68.1 Å². The second-order valence-electron chi connectivity index (χ2n) is 9.09. The van der Waals surface area contributed by atoms with Crippen molar-refractivity contribution in [1.29, 1.82) is 0 Å². The van der Waals surface area contributed by atoms with Gasteiger partial charge in [-0.3, -0.25) is 23.9 Å². The van der Waals surface area contributed by atoms with Crippen molar-refractivity contribution in [2.24, 2.45) is 19.1 Å². The van der Waals surface area contributed by atoms with Gasteiger partial charge in [0, 0.05) is 51.5 Å². The molecule has 37 heavy (non-hydrogen) atoms. The maximum atomic E-state index is 12.7. The number of aromatic amines is 1. The molecule has 12 heteroatoms. The van der Waals surface area contributed by atoms with Gasteiger partial charge in [-0.1, -0.05) is 11.6 Å². The van der Waals surface area contributed by atoms with E-state index < -0.39 is 17.1 Å². The van der Waals surface area contributed by atoms with E-state index in [1.807, 2.05) is 6.07 Å². The molecule has 0 atom stereocenters. The minimum Gasteiger partial charge on any atom is -0.493 e. The third kappa shape index (κ3) is 4.36. The fourth-order valence-electron chi connectivity index (χ4n) is 4.55. The molecule has 2 aromatic carbocycles. The number of fused-ring (bicyclic) bond motifs is 1. The predicted octanol–water partition coefficient (Wildman–Crippen LogP) is 1.58. The normalized spacial score (nSPS) is 14.8. The summed E-state index contributed by atoms with van der Waals surface area (Å²) in [4.78, 5) is 49.0. The lowest BCUT2D eigenvalue weighted by molar-refractivity contribution is 0.313. The second-order valence-corrected chi connectivity index (χ2v) is 9.52. The van der Waals surface area contributed by atoms with Gasteiger partial charge in [-0.2, -0.15) is 0 Å². The average molecular weight is 524 g/mol. The molecule has 0 bridgehead atoms. The van der Waals surface area contributed by atoms with Gasteiger partial charge in [-0.15, -0.1) is 0 Å². The van der Waals surface area contributed by atoms with Gasteiger partial charge in [0.15, 0.2) is 0 Å². The van der Waals surface area contributed by atoms with E-state index in [1.165, 1.54) is 10.8 Å². The first-order valence-corrected chi connectivity index (χ1v) is 12.0. The fraction of sp³-hybridized carbons (Fsp3) is 0.280. The van der Waals surface area contributed by atoms with E-state index in [2.05, 4.69) is 26.8 Å². The highest BCUT2D eigenvalue weighted by molar-refractivity contribution is 6.30. The zero-order chi connectivity index (χ0) is 26.4. The molecule has 1 aliphatic heterocycles. The molecule has 0 unspecified atom stereocenters. The topological polar surface area (TPSA) is 121 Å². The number of aliphatic imine (C=N–C) groups is 1. The zero-order valence-corrected chi connectivity index (χ0v) is 21.4. The number of benzene rings is 2. The van der Waals surface area contributed by atoms with Gasteiger partial charge in [0.05, 0.1) is 28.1 Å². The molecular formula is C25H26ClN7O4. The van der Waals surface area contributed by atoms with E-state index in [1.54, 1.807) is 49.0 Å². The monoisotopic (exact) mass is 523 g/mol. The van der Waals surface area contributed by atoms with E-state index in [9.17, 15) is 19.5 Å². The van der Waals surface area contributed by atoms with Gasteiger partial charge in [-0.25, -0.2) is 14.2 Å². The predicted molar refractivity (Wildman–Crippen MR) is 144 cm³/mol. The number of anilines is 1. The summed E-state index contributed by atoms with van der Waals surface area (Å²) in [5, 5.41) is 11.4. The number of nitrogens with one attached hydrogen (secondary N) is 1. The lowest BCUT2D eigenvalue weighted by Crippen LogP contribution is -2.44. The van der Waals surface area contributed by atoms with Gasteiger partial charge in [0.1, 0.15) is 5.56 Å². The molecular weight excluding hydrogens is 498 g/mol. The van der Waals surface area contributed by atoms with Crippen LogP contribution < -0.4 is 21.8 Å². The minimum absolute atomic E-state index is 0.162. The Morgan fingerprint density at radius 3 is 2.22 bits per heavy atom. The Morgan fingerprint density at radius 1 is 0.946 bits per heavy atom. The Bertz CT molecular complexity index is 1700. The Labute approximate surface area is 216 Å². The van der Waals surface area contributed by atoms with Crippen molar-refractivity contribution in [1.82, 2.24) is 23.6 Å². The number of likely N-dealkylation sites (N-methyl/N-ethyl adjacent to an activating group) is 1. The second kappa shape index (κ2) is 9.41. The fourth-order valence-corrected chi connectivity index (χ4v) is 4.67. The lowest BCUT2D eigenvalue weighted by atomic mass is 10.2. The lowest BCUT2D eigenvalue weighted by Gasteiger charge is -2.34. The third-order valence-electron chi connectivity index (χ3n) is 6.75. The number of hydrogen-bond acceptors (Lipinski definition) is 7. The molecule has 0 radical (unpaired) electrons. The first-order valence-electron chi connectivity index (χ1n) is 11.7. The summed E-state index contributed by atoms with van der Waals surface area (Å²) in [6.45, 7) is 3.25. The van der Waals surface area contributed by atoms with E-state index in [4.69, 9.17) is 11.6 Å². The molecule has 0 aliphatic carbocycles. The van der Waals surface area contributed by atoms with Crippen molar-refractivity contribution >= 4 is 40.2 Å². The third-order valence-corrected chi connectivity index (χ3v) is 7.00. The van der Waals surface area contributed by atoms with Crippen LogP contribution in [0.2, 0.25) is 5.02 Å². The first-order chi connectivity index (χ1) is 17.7. The van der Waals surface area contributed by atoms with Gasteiger partial charge < -0.3 is 14.9 Å². The van der Waals surface area contributed by atoms with Crippen LogP contribution in [0, 0.1) is 0 Å². The summed E-state index contributed by atoms with van der Waals surface area (Å²) < 4.78 is 4.10. The zero-order valence-electron chi connectivity index (χ0n) is 20.6. The van der Waals surface area contributed by atoms with Crippen molar-refractivity contribution in [2.45, 2.75) is 0 Å². The highest BCUT2D eigenvalue weighted by Gasteiger charge is 2.21. The number of H-pyrrole nitrogens is 1. The number of piperazine rings is 1. The van der Waals surface area contributed by atoms with Gasteiger partial charge >= 0.3 is 11.4 Å². The van der Waals surface area contributed by atoms with E-state index in [0.29, 0.717) is 21.9 Å². The highest BCUT2D eigenvalue weighted by atomic mass is 35.5. The number of nitrogens with zero attached hydrogens (tertiary/aromatic N) is 6. The van der Waals surface area contributed by atoms with Crippen molar-refractivity contribution < 1.29 is 5.11 Å². The maximum Gasteiger partial charge on any atom is 0.335 e. The van der Waals surface area contributed by atoms with Crippen molar-refractivity contribution in [3.05, 3.63) is 78.3 Å². The summed E-state index contributed by atoms with van der Waals surface area (Å²) in [7, 11) is 5.47. The molecule has 0 amide bonds. The van der Waals surface area contributed by atoms with E-state index >= 15 is 0 Å². The Balaban J connectivity index is 1.66. The number of aromatic hydroxyl groups is 1. The number of aryl methyl sites for hydroxylation is 2. The highest BCUT2D eigenvalue weighted by Crippen LogP contribution is 2.34. The van der Waals surface area contributed by atoms with Gasteiger partial charge in [-0.05, 0) is 43.4 Å². The average Bonchev–Trinajstić information content (AvgIpc) is 3.08. The molecule has 5 rings (SSSR count). The number of rotatable bonds is 4. The summed E-state index contributed by atoms with van der Waals surface area (Å²) in [6, 6.07) is 9.97. The summed E-state index contributed by atoms with van der Waals surface area (Å²) in [5.41, 5.74) is 1.20. The van der Waals surface area contributed by atoms with Crippen LogP contribution in [0.1, 0.15) is 5.56 Å². The van der Waals surface area contributed by atoms with Gasteiger partial charge in [0.2, 0.25) is 5.88 Å². The van der Waals surface area contributed by atoms with E-state index in [0.717, 1.165) is 42.0 Å². The van der Waals surface area contributed by atoms with Crippen molar-refractivity contribution in [2.75, 3.05) is 38.1 Å². The molecule has 0 saturated carbocycles. The molecule has 2 aromatic heterocycles. The summed E-state index contributed by atoms with van der Waals surface area (Å²) in [5.74, 6) is -0.547. The molecule has 1 saturated heterocycles. The molecule has 1 fully saturated rings. The molecule has 11 nitrogen and oxygen atoms in total. The molecule has 3 heterocycles. The van der Waals surface area contributed by atoms with Crippen LogP contribution in [0.4, 0.5) is 11.4 Å². The number of halogens is 1. The van der Waals surface area contributed by atoms with Crippen molar-refractivity contribution in [3.8, 4) is 11.6 Å².